The number of carbonyl (C=O) groups excluding carboxylic acids is 2. The van der Waals surface area contributed by atoms with Gasteiger partial charge in [0.15, 0.2) is 0 Å². The number of fused-ring (bicyclic) bond motifs is 1. The largest absolute Gasteiger partial charge is 0.395 e. The van der Waals surface area contributed by atoms with Gasteiger partial charge < -0.3 is 20.8 Å². The highest BCUT2D eigenvalue weighted by Crippen LogP contribution is 2.18. The molecule has 0 fully saturated rings. The van der Waals surface area contributed by atoms with E-state index < -0.39 is 0 Å². The van der Waals surface area contributed by atoms with Gasteiger partial charge in [0.2, 0.25) is 0 Å². The Labute approximate surface area is 127 Å². The highest BCUT2D eigenvalue weighted by molar-refractivity contribution is 6.01. The molecule has 0 saturated carbocycles. The number of rotatable bonds is 6. The van der Waals surface area contributed by atoms with Crippen LogP contribution >= 0.6 is 0 Å². The van der Waals surface area contributed by atoms with Crippen LogP contribution in [-0.4, -0.2) is 48.3 Å². The summed E-state index contributed by atoms with van der Waals surface area (Å²) in [6.45, 7) is 0.207. The van der Waals surface area contributed by atoms with Crippen LogP contribution in [0.5, 0.6) is 0 Å². The van der Waals surface area contributed by atoms with Crippen molar-refractivity contribution in [3.05, 3.63) is 47.5 Å². The minimum absolute atomic E-state index is 0.106. The van der Waals surface area contributed by atoms with Crippen molar-refractivity contribution >= 4 is 22.6 Å². The Morgan fingerprint density at radius 2 is 1.18 bits per heavy atom. The van der Waals surface area contributed by atoms with Crippen LogP contribution in [0.1, 0.15) is 20.7 Å². The Morgan fingerprint density at radius 1 is 0.773 bits per heavy atom. The molecule has 22 heavy (non-hydrogen) atoms. The van der Waals surface area contributed by atoms with Gasteiger partial charge in [0.1, 0.15) is 0 Å². The maximum atomic E-state index is 11.8. The molecule has 0 aliphatic carbocycles. The molecule has 0 bridgehead atoms. The van der Waals surface area contributed by atoms with E-state index in [1.54, 1.807) is 36.4 Å². The Kier molecular flexibility index (Phi) is 5.46. The fraction of sp³-hybridized carbons (Fsp3) is 0.250. The zero-order chi connectivity index (χ0) is 15.9. The number of carbonyl (C=O) groups is 2. The number of aliphatic hydroxyl groups is 2. The molecule has 6 heteroatoms. The number of nitrogens with one attached hydrogen (secondary N) is 2. The van der Waals surface area contributed by atoms with Crippen LogP contribution in [0.4, 0.5) is 0 Å². The molecule has 0 heterocycles. The van der Waals surface area contributed by atoms with Gasteiger partial charge in [-0.3, -0.25) is 9.59 Å². The molecule has 0 aromatic heterocycles. The number of amides is 2. The third kappa shape index (κ3) is 3.81. The summed E-state index contributed by atoms with van der Waals surface area (Å²) in [5.41, 5.74) is 0.997. The van der Waals surface area contributed by atoms with Crippen LogP contribution in [0.2, 0.25) is 0 Å². The zero-order valence-electron chi connectivity index (χ0n) is 12.0. The Hall–Kier alpha value is -2.44. The number of benzene rings is 2. The summed E-state index contributed by atoms with van der Waals surface area (Å²) >= 11 is 0. The molecule has 0 unspecified atom stereocenters. The topological polar surface area (TPSA) is 98.7 Å². The van der Waals surface area contributed by atoms with Crippen molar-refractivity contribution in [2.75, 3.05) is 26.3 Å². The van der Waals surface area contributed by atoms with E-state index in [-0.39, 0.29) is 38.1 Å². The lowest BCUT2D eigenvalue weighted by Gasteiger charge is -2.07. The SMILES string of the molecule is O=C(NCCO)c1ccc2cc(C(=O)NCCO)ccc2c1. The van der Waals surface area contributed by atoms with E-state index in [1.165, 1.54) is 0 Å². The second-order valence-corrected chi connectivity index (χ2v) is 4.74. The van der Waals surface area contributed by atoms with Crippen LogP contribution in [0.25, 0.3) is 10.8 Å². The summed E-state index contributed by atoms with van der Waals surface area (Å²) in [6.07, 6.45) is 0. The molecule has 0 radical (unpaired) electrons. The summed E-state index contributed by atoms with van der Waals surface area (Å²) in [4.78, 5) is 23.7. The molecule has 0 spiro atoms. The molecule has 2 aromatic rings. The average Bonchev–Trinajstić information content (AvgIpc) is 2.56. The fourth-order valence-corrected chi connectivity index (χ4v) is 2.07. The molecule has 0 saturated heterocycles. The molecule has 0 atom stereocenters. The van der Waals surface area contributed by atoms with Crippen LogP contribution in [0.15, 0.2) is 36.4 Å². The van der Waals surface area contributed by atoms with Crippen molar-refractivity contribution < 1.29 is 19.8 Å². The third-order valence-electron chi connectivity index (χ3n) is 3.16. The Morgan fingerprint density at radius 3 is 1.55 bits per heavy atom. The van der Waals surface area contributed by atoms with Gasteiger partial charge in [-0.05, 0) is 35.0 Å². The van der Waals surface area contributed by atoms with Crippen molar-refractivity contribution in [3.8, 4) is 0 Å². The highest BCUT2D eigenvalue weighted by atomic mass is 16.3. The Bertz CT molecular complexity index is 626. The van der Waals surface area contributed by atoms with Gasteiger partial charge in [0.05, 0.1) is 13.2 Å². The average molecular weight is 302 g/mol. The first kappa shape index (κ1) is 15.9. The monoisotopic (exact) mass is 302 g/mol. The van der Waals surface area contributed by atoms with E-state index in [0.717, 1.165) is 10.8 Å². The zero-order valence-corrected chi connectivity index (χ0v) is 12.0. The second kappa shape index (κ2) is 7.53. The van der Waals surface area contributed by atoms with E-state index in [1.807, 2.05) is 0 Å². The summed E-state index contributed by atoms with van der Waals surface area (Å²) in [5, 5.41) is 24.3. The van der Waals surface area contributed by atoms with Crippen molar-refractivity contribution in [2.45, 2.75) is 0 Å². The van der Waals surface area contributed by atoms with Gasteiger partial charge in [-0.25, -0.2) is 0 Å². The number of hydrogen-bond acceptors (Lipinski definition) is 4. The van der Waals surface area contributed by atoms with Crippen molar-refractivity contribution in [2.24, 2.45) is 0 Å². The fourth-order valence-electron chi connectivity index (χ4n) is 2.07. The quantitative estimate of drug-likeness (QED) is 0.616. The molecule has 2 rings (SSSR count). The van der Waals surface area contributed by atoms with E-state index in [9.17, 15) is 9.59 Å². The number of aliphatic hydroxyl groups excluding tert-OH is 2. The van der Waals surface area contributed by atoms with Gasteiger partial charge in [0, 0.05) is 24.2 Å². The molecular weight excluding hydrogens is 284 g/mol. The first-order valence-corrected chi connectivity index (χ1v) is 6.97. The van der Waals surface area contributed by atoms with E-state index in [0.29, 0.717) is 11.1 Å². The van der Waals surface area contributed by atoms with Crippen LogP contribution < -0.4 is 10.6 Å². The van der Waals surface area contributed by atoms with Crippen molar-refractivity contribution in [1.29, 1.82) is 0 Å². The molecule has 0 aliphatic rings. The third-order valence-corrected chi connectivity index (χ3v) is 3.16. The molecule has 4 N–H and O–H groups in total. The standard InChI is InChI=1S/C16H18N2O4/c19-7-5-17-15(21)13-3-1-11-9-14(4-2-12(11)10-13)16(22)18-6-8-20/h1-4,9-10,19-20H,5-8H2,(H,17,21)(H,18,22). The summed E-state index contributed by atoms with van der Waals surface area (Å²) < 4.78 is 0. The predicted molar refractivity (Wildman–Crippen MR) is 82.8 cm³/mol. The summed E-state index contributed by atoms with van der Waals surface area (Å²) in [5.74, 6) is -0.499. The summed E-state index contributed by atoms with van der Waals surface area (Å²) in [7, 11) is 0. The van der Waals surface area contributed by atoms with Crippen LogP contribution in [0.3, 0.4) is 0 Å². The lowest BCUT2D eigenvalue weighted by molar-refractivity contribution is 0.0937. The first-order chi connectivity index (χ1) is 10.7. The van der Waals surface area contributed by atoms with Gasteiger partial charge in [-0.15, -0.1) is 0 Å². The van der Waals surface area contributed by atoms with Crippen molar-refractivity contribution in [1.82, 2.24) is 10.6 Å². The lowest BCUT2D eigenvalue weighted by Crippen LogP contribution is -2.26. The smallest absolute Gasteiger partial charge is 0.251 e. The van der Waals surface area contributed by atoms with E-state index in [2.05, 4.69) is 10.6 Å². The lowest BCUT2D eigenvalue weighted by atomic mass is 10.0. The maximum Gasteiger partial charge on any atom is 0.251 e. The van der Waals surface area contributed by atoms with Crippen molar-refractivity contribution in [3.63, 3.8) is 0 Å². The van der Waals surface area contributed by atoms with Gasteiger partial charge in [0.25, 0.3) is 11.8 Å². The molecule has 6 nitrogen and oxygen atoms in total. The normalized spacial score (nSPS) is 10.5. The minimum Gasteiger partial charge on any atom is -0.395 e. The molecule has 2 aromatic carbocycles. The van der Waals surface area contributed by atoms with E-state index >= 15 is 0 Å². The van der Waals surface area contributed by atoms with E-state index in [4.69, 9.17) is 10.2 Å². The van der Waals surface area contributed by atoms with Gasteiger partial charge in [-0.2, -0.15) is 0 Å². The van der Waals surface area contributed by atoms with Gasteiger partial charge in [-0.1, -0.05) is 12.1 Å². The minimum atomic E-state index is -0.249. The summed E-state index contributed by atoms with van der Waals surface area (Å²) in [6, 6.07) is 10.3. The van der Waals surface area contributed by atoms with Crippen LogP contribution in [0, 0.1) is 0 Å². The van der Waals surface area contributed by atoms with Crippen LogP contribution in [-0.2, 0) is 0 Å². The molecule has 2 amide bonds. The number of hydrogen-bond donors (Lipinski definition) is 4. The predicted octanol–water partition coefficient (Wildman–Crippen LogP) is 0.284. The molecule has 0 aliphatic heterocycles. The molecule has 116 valence electrons. The van der Waals surface area contributed by atoms with Gasteiger partial charge >= 0.3 is 0 Å². The maximum absolute atomic E-state index is 11.8. The Balaban J connectivity index is 2.21. The second-order valence-electron chi connectivity index (χ2n) is 4.74. The first-order valence-electron chi connectivity index (χ1n) is 6.97. The highest BCUT2D eigenvalue weighted by Gasteiger charge is 2.08. The molecular formula is C16H18N2O4.